The fraction of sp³-hybridized carbons (Fsp3) is 0.556. The number of fused-ring (bicyclic) bond motifs is 4. The number of anilines is 2. The first-order valence-corrected chi connectivity index (χ1v) is 13.0. The lowest BCUT2D eigenvalue weighted by Gasteiger charge is -2.37. The van der Waals surface area contributed by atoms with Gasteiger partial charge in [-0.3, -0.25) is 4.79 Å². The van der Waals surface area contributed by atoms with Crippen LogP contribution in [0.2, 0.25) is 0 Å². The number of nitrogens with one attached hydrogen (secondary N) is 3. The number of nitrogens with zero attached hydrogens (tertiary/aromatic N) is 2. The van der Waals surface area contributed by atoms with Crippen molar-refractivity contribution in [3.05, 3.63) is 52.0 Å². The molecule has 2 aromatic rings. The number of hydrogen-bond donors (Lipinski definition) is 3. The van der Waals surface area contributed by atoms with Gasteiger partial charge in [-0.1, -0.05) is 6.92 Å². The van der Waals surface area contributed by atoms with Crippen molar-refractivity contribution >= 4 is 17.4 Å². The molecular formula is C27H32F3N5O. The summed E-state index contributed by atoms with van der Waals surface area (Å²) >= 11 is 0. The van der Waals surface area contributed by atoms with Gasteiger partial charge in [0.05, 0.1) is 5.56 Å². The van der Waals surface area contributed by atoms with E-state index in [0.717, 1.165) is 37.2 Å². The molecule has 2 saturated heterocycles. The number of hydrogen-bond acceptors (Lipinski definition) is 5. The Kier molecular flexibility index (Phi) is 6.06. The summed E-state index contributed by atoms with van der Waals surface area (Å²) in [5.74, 6) is 0.552. The maximum Gasteiger partial charge on any atom is 0.266 e. The van der Waals surface area contributed by atoms with E-state index in [1.807, 2.05) is 11.0 Å². The highest BCUT2D eigenvalue weighted by Crippen LogP contribution is 2.41. The van der Waals surface area contributed by atoms with Crippen LogP contribution in [-0.2, 0) is 19.3 Å². The van der Waals surface area contributed by atoms with E-state index in [2.05, 4.69) is 27.9 Å². The second-order valence-corrected chi connectivity index (χ2v) is 10.9. The predicted molar refractivity (Wildman–Crippen MR) is 132 cm³/mol. The molecule has 0 spiro atoms. The molecule has 4 heterocycles. The second-order valence-electron chi connectivity index (χ2n) is 10.9. The van der Waals surface area contributed by atoms with E-state index in [9.17, 15) is 13.6 Å². The van der Waals surface area contributed by atoms with Gasteiger partial charge in [-0.2, -0.15) is 0 Å². The number of carbonyl (C=O) groups excluding carboxylic acids is 1. The fourth-order valence-electron chi connectivity index (χ4n) is 6.48. The number of amides is 1. The number of pyridine rings is 1. The lowest BCUT2D eigenvalue weighted by Crippen LogP contribution is -2.51. The zero-order valence-electron chi connectivity index (χ0n) is 20.4. The number of alkyl halides is 2. The molecule has 2 bridgehead atoms. The average Bonchev–Trinajstić information content (AvgIpc) is 3.20. The highest BCUT2D eigenvalue weighted by molar-refractivity contribution is 5.94. The molecule has 0 saturated carbocycles. The standard InChI is InChI=1S/C27H32F3N5O/c1-14-6-15-7-16(11-32-26(15)31-10-14)27(36)34-17-4-5-20-21(8-17)22(28)9-23(24(20)25(29)30)35-12-18-2-3-19(13-35)33-18/h7,9,11,14,17-19,25,33H,2-6,8,10,12-13H2,1H3,(H,31,32)(H,34,36)/t14-,17-,18?,19?/m0/s1. The number of benzene rings is 1. The molecular weight excluding hydrogens is 467 g/mol. The fourth-order valence-corrected chi connectivity index (χ4v) is 6.48. The minimum Gasteiger partial charge on any atom is -0.370 e. The summed E-state index contributed by atoms with van der Waals surface area (Å²) in [5, 5.41) is 9.77. The third kappa shape index (κ3) is 4.31. The number of halogens is 3. The second kappa shape index (κ2) is 9.25. The SMILES string of the molecule is C[C@@H]1CNc2ncc(C(=O)N[C@H]3CCc4c(c(F)cc(N5CC6CCC(C5)N6)c4C(F)F)C3)cc2C1. The van der Waals surface area contributed by atoms with E-state index in [-0.39, 0.29) is 36.0 Å². The van der Waals surface area contributed by atoms with E-state index in [4.69, 9.17) is 0 Å². The first kappa shape index (κ1) is 23.6. The molecule has 4 aliphatic rings. The van der Waals surface area contributed by atoms with Gasteiger partial charge in [-0.25, -0.2) is 18.2 Å². The van der Waals surface area contributed by atoms with Gasteiger partial charge in [0.2, 0.25) is 0 Å². The Bertz CT molecular complexity index is 1180. The highest BCUT2D eigenvalue weighted by atomic mass is 19.3. The van der Waals surface area contributed by atoms with Crippen molar-refractivity contribution < 1.29 is 18.0 Å². The number of piperazine rings is 1. The normalized spacial score (nSPS) is 26.9. The van der Waals surface area contributed by atoms with Gasteiger partial charge in [-0.05, 0) is 73.3 Å². The largest absolute Gasteiger partial charge is 0.370 e. The summed E-state index contributed by atoms with van der Waals surface area (Å²) in [5.41, 5.74) is 2.52. The van der Waals surface area contributed by atoms with Gasteiger partial charge in [0.25, 0.3) is 12.3 Å². The molecule has 1 aliphatic carbocycles. The topological polar surface area (TPSA) is 69.3 Å². The molecule has 192 valence electrons. The molecule has 1 aromatic heterocycles. The van der Waals surface area contributed by atoms with E-state index < -0.39 is 12.2 Å². The molecule has 4 atom stereocenters. The van der Waals surface area contributed by atoms with Crippen LogP contribution in [0.5, 0.6) is 0 Å². The molecule has 6 rings (SSSR count). The maximum atomic E-state index is 15.4. The van der Waals surface area contributed by atoms with Crippen molar-refractivity contribution in [2.45, 2.75) is 70.0 Å². The molecule has 9 heteroatoms. The molecule has 36 heavy (non-hydrogen) atoms. The van der Waals surface area contributed by atoms with Crippen LogP contribution >= 0.6 is 0 Å². The molecule has 0 radical (unpaired) electrons. The van der Waals surface area contributed by atoms with E-state index in [1.54, 1.807) is 6.20 Å². The summed E-state index contributed by atoms with van der Waals surface area (Å²) in [4.78, 5) is 19.3. The van der Waals surface area contributed by atoms with Crippen LogP contribution in [0.1, 0.15) is 65.2 Å². The van der Waals surface area contributed by atoms with Crippen molar-refractivity contribution in [1.29, 1.82) is 0 Å². The molecule has 6 nitrogen and oxygen atoms in total. The van der Waals surface area contributed by atoms with Crippen molar-refractivity contribution in [3.63, 3.8) is 0 Å². The Morgan fingerprint density at radius 1 is 1.14 bits per heavy atom. The van der Waals surface area contributed by atoms with Gasteiger partial charge < -0.3 is 20.9 Å². The van der Waals surface area contributed by atoms with Crippen LogP contribution in [0.3, 0.4) is 0 Å². The number of aromatic nitrogens is 1. The van der Waals surface area contributed by atoms with Crippen molar-refractivity contribution in [2.24, 2.45) is 5.92 Å². The summed E-state index contributed by atoms with van der Waals surface area (Å²) in [6.07, 6.45) is 2.78. The number of rotatable bonds is 4. The monoisotopic (exact) mass is 499 g/mol. The average molecular weight is 500 g/mol. The summed E-state index contributed by atoms with van der Waals surface area (Å²) in [7, 11) is 0. The summed E-state index contributed by atoms with van der Waals surface area (Å²) in [6, 6.07) is 3.38. The third-order valence-electron chi connectivity index (χ3n) is 8.24. The Hall–Kier alpha value is -2.81. The van der Waals surface area contributed by atoms with Gasteiger partial charge in [0.15, 0.2) is 0 Å². The lowest BCUT2D eigenvalue weighted by molar-refractivity contribution is 0.0932. The Morgan fingerprint density at radius 2 is 1.92 bits per heavy atom. The lowest BCUT2D eigenvalue weighted by atomic mass is 9.83. The van der Waals surface area contributed by atoms with Crippen molar-refractivity contribution in [3.8, 4) is 0 Å². The van der Waals surface area contributed by atoms with Crippen LogP contribution < -0.4 is 20.9 Å². The Balaban J connectivity index is 1.22. The van der Waals surface area contributed by atoms with Crippen LogP contribution in [0.15, 0.2) is 18.3 Å². The zero-order valence-corrected chi connectivity index (χ0v) is 20.4. The Labute approximate surface area is 209 Å². The van der Waals surface area contributed by atoms with Gasteiger partial charge in [-0.15, -0.1) is 0 Å². The Morgan fingerprint density at radius 3 is 2.67 bits per heavy atom. The first-order valence-electron chi connectivity index (χ1n) is 13.0. The van der Waals surface area contributed by atoms with E-state index in [0.29, 0.717) is 54.2 Å². The van der Waals surface area contributed by atoms with Crippen LogP contribution in [0, 0.1) is 11.7 Å². The molecule has 3 N–H and O–H groups in total. The highest BCUT2D eigenvalue weighted by Gasteiger charge is 2.36. The van der Waals surface area contributed by atoms with E-state index >= 15 is 4.39 Å². The van der Waals surface area contributed by atoms with Crippen LogP contribution in [0.4, 0.5) is 24.7 Å². The minimum atomic E-state index is -2.68. The molecule has 1 aromatic carbocycles. The summed E-state index contributed by atoms with van der Waals surface area (Å²) in [6.45, 7) is 4.24. The third-order valence-corrected chi connectivity index (χ3v) is 8.24. The minimum absolute atomic E-state index is 0.0296. The smallest absolute Gasteiger partial charge is 0.266 e. The molecule has 1 amide bonds. The predicted octanol–water partition coefficient (Wildman–Crippen LogP) is 3.99. The first-order chi connectivity index (χ1) is 17.4. The zero-order chi connectivity index (χ0) is 25.0. The number of carbonyl (C=O) groups is 1. The maximum absolute atomic E-state index is 15.4. The summed E-state index contributed by atoms with van der Waals surface area (Å²) < 4.78 is 44.1. The molecule has 2 fully saturated rings. The van der Waals surface area contributed by atoms with Crippen molar-refractivity contribution in [1.82, 2.24) is 15.6 Å². The van der Waals surface area contributed by atoms with Gasteiger partial charge >= 0.3 is 0 Å². The van der Waals surface area contributed by atoms with Gasteiger partial charge in [0.1, 0.15) is 11.6 Å². The van der Waals surface area contributed by atoms with Crippen molar-refractivity contribution in [2.75, 3.05) is 29.9 Å². The van der Waals surface area contributed by atoms with Gasteiger partial charge in [0, 0.05) is 55.2 Å². The molecule has 2 unspecified atom stereocenters. The van der Waals surface area contributed by atoms with Crippen LogP contribution in [0.25, 0.3) is 0 Å². The van der Waals surface area contributed by atoms with E-state index in [1.165, 1.54) is 6.07 Å². The van der Waals surface area contributed by atoms with Crippen LogP contribution in [-0.4, -0.2) is 48.7 Å². The quantitative estimate of drug-likeness (QED) is 0.594. The molecule has 3 aliphatic heterocycles.